The third-order valence-electron chi connectivity index (χ3n) is 4.08. The van der Waals surface area contributed by atoms with Crippen molar-refractivity contribution in [1.29, 1.82) is 0 Å². The molecule has 0 bridgehead atoms. The van der Waals surface area contributed by atoms with E-state index >= 15 is 0 Å². The summed E-state index contributed by atoms with van der Waals surface area (Å²) >= 11 is 0. The highest BCUT2D eigenvalue weighted by Gasteiger charge is 2.22. The first-order valence-electron chi connectivity index (χ1n) is 8.19. The van der Waals surface area contributed by atoms with E-state index in [1.807, 2.05) is 31.2 Å². The molecule has 0 unspecified atom stereocenters. The lowest BCUT2D eigenvalue weighted by Crippen LogP contribution is -2.29. The summed E-state index contributed by atoms with van der Waals surface area (Å²) in [7, 11) is -1.87. The Bertz CT molecular complexity index is 829. The molecule has 0 spiro atoms. The highest BCUT2D eigenvalue weighted by molar-refractivity contribution is 7.91. The maximum absolute atomic E-state index is 12.7. The van der Waals surface area contributed by atoms with Gasteiger partial charge in [0.25, 0.3) is 5.91 Å². The van der Waals surface area contributed by atoms with Crippen molar-refractivity contribution in [2.75, 3.05) is 12.9 Å². The average Bonchev–Trinajstić information content (AvgIpc) is 2.66. The summed E-state index contributed by atoms with van der Waals surface area (Å²) in [5.74, 6) is 0.298. The van der Waals surface area contributed by atoms with Gasteiger partial charge < -0.3 is 10.1 Å². The van der Waals surface area contributed by atoms with Crippen LogP contribution in [0.15, 0.2) is 53.4 Å². The van der Waals surface area contributed by atoms with E-state index in [-0.39, 0.29) is 22.3 Å². The Hall–Kier alpha value is -2.34. The summed E-state index contributed by atoms with van der Waals surface area (Å²) in [4.78, 5) is 12.8. The minimum atomic E-state index is -3.47. The number of sulfone groups is 1. The van der Waals surface area contributed by atoms with Crippen LogP contribution in [0.3, 0.4) is 0 Å². The van der Waals surface area contributed by atoms with E-state index in [2.05, 4.69) is 5.32 Å². The maximum Gasteiger partial charge on any atom is 0.253 e. The number of hydrogen-bond acceptors (Lipinski definition) is 4. The van der Waals surface area contributed by atoms with E-state index in [0.717, 1.165) is 11.3 Å². The van der Waals surface area contributed by atoms with Crippen LogP contribution in [-0.4, -0.2) is 27.2 Å². The second-order valence-electron chi connectivity index (χ2n) is 5.61. The van der Waals surface area contributed by atoms with Crippen LogP contribution in [-0.2, 0) is 9.84 Å². The van der Waals surface area contributed by atoms with E-state index in [1.54, 1.807) is 32.2 Å². The molecule has 1 amide bonds. The number of benzene rings is 2. The second-order valence-corrected chi connectivity index (χ2v) is 7.85. The van der Waals surface area contributed by atoms with Crippen molar-refractivity contribution in [3.8, 4) is 5.75 Å². The molecule has 6 heteroatoms. The van der Waals surface area contributed by atoms with Crippen LogP contribution in [0.1, 0.15) is 42.2 Å². The smallest absolute Gasteiger partial charge is 0.253 e. The molecule has 0 aromatic heterocycles. The van der Waals surface area contributed by atoms with Gasteiger partial charge in [-0.05, 0) is 36.2 Å². The molecule has 0 radical (unpaired) electrons. The van der Waals surface area contributed by atoms with Gasteiger partial charge in [-0.2, -0.15) is 0 Å². The van der Waals surface area contributed by atoms with Crippen molar-refractivity contribution < 1.29 is 17.9 Å². The fourth-order valence-corrected chi connectivity index (χ4v) is 3.67. The van der Waals surface area contributed by atoms with Crippen LogP contribution in [0.4, 0.5) is 0 Å². The first kappa shape index (κ1) is 19.0. The van der Waals surface area contributed by atoms with Gasteiger partial charge in [0.1, 0.15) is 5.75 Å². The molecule has 25 heavy (non-hydrogen) atoms. The number of amides is 1. The van der Waals surface area contributed by atoms with Crippen molar-refractivity contribution in [3.05, 3.63) is 59.7 Å². The summed E-state index contributed by atoms with van der Waals surface area (Å²) < 4.78 is 29.6. The van der Waals surface area contributed by atoms with Gasteiger partial charge in [0.15, 0.2) is 9.84 Å². The number of carbonyl (C=O) groups is 1. The van der Waals surface area contributed by atoms with Crippen molar-refractivity contribution in [2.45, 2.75) is 31.2 Å². The third kappa shape index (κ3) is 4.39. The van der Waals surface area contributed by atoms with E-state index in [4.69, 9.17) is 4.74 Å². The molecule has 1 N–H and O–H groups in total. The number of carbonyl (C=O) groups excluding carboxylic acids is 1. The fourth-order valence-electron chi connectivity index (χ4n) is 2.57. The van der Waals surface area contributed by atoms with Crippen LogP contribution >= 0.6 is 0 Å². The molecule has 2 aromatic carbocycles. The topological polar surface area (TPSA) is 72.5 Å². The fraction of sp³-hybridized carbons (Fsp3) is 0.316. The monoisotopic (exact) mass is 361 g/mol. The predicted molar refractivity (Wildman–Crippen MR) is 97.7 cm³/mol. The zero-order valence-corrected chi connectivity index (χ0v) is 15.5. The molecule has 2 rings (SSSR count). The molecule has 0 aliphatic rings. The van der Waals surface area contributed by atoms with Crippen molar-refractivity contribution in [1.82, 2.24) is 5.32 Å². The molecule has 0 fully saturated rings. The first-order valence-corrected chi connectivity index (χ1v) is 9.84. The Balaban J connectivity index is 2.28. The number of nitrogens with one attached hydrogen (secondary N) is 1. The quantitative estimate of drug-likeness (QED) is 0.821. The molecule has 0 heterocycles. The van der Waals surface area contributed by atoms with E-state index in [9.17, 15) is 13.2 Å². The van der Waals surface area contributed by atoms with Gasteiger partial charge in [0.2, 0.25) is 0 Å². The minimum Gasteiger partial charge on any atom is -0.497 e. The summed E-state index contributed by atoms with van der Waals surface area (Å²) in [6.45, 7) is 3.53. The van der Waals surface area contributed by atoms with Gasteiger partial charge >= 0.3 is 0 Å². The maximum atomic E-state index is 12.7. The Labute approximate surface area is 148 Å². The molecular weight excluding hydrogens is 338 g/mol. The second kappa shape index (κ2) is 8.16. The Morgan fingerprint density at radius 1 is 1.08 bits per heavy atom. The van der Waals surface area contributed by atoms with Gasteiger partial charge in [-0.3, -0.25) is 4.79 Å². The summed E-state index contributed by atoms with van der Waals surface area (Å²) in [5, 5.41) is 2.93. The van der Waals surface area contributed by atoms with Gasteiger partial charge in [-0.1, -0.05) is 38.1 Å². The third-order valence-corrected chi connectivity index (χ3v) is 5.86. The molecule has 0 saturated carbocycles. The average molecular weight is 361 g/mol. The molecule has 0 saturated heterocycles. The van der Waals surface area contributed by atoms with Crippen LogP contribution in [0.5, 0.6) is 5.75 Å². The summed E-state index contributed by atoms with van der Waals surface area (Å²) in [6, 6.07) is 13.5. The molecule has 0 aliphatic heterocycles. The zero-order chi connectivity index (χ0) is 18.4. The molecule has 5 nitrogen and oxygen atoms in total. The first-order chi connectivity index (χ1) is 11.9. The number of ether oxygens (including phenoxy) is 1. The van der Waals surface area contributed by atoms with Gasteiger partial charge in [-0.25, -0.2) is 8.42 Å². The lowest BCUT2D eigenvalue weighted by atomic mass is 10.0. The van der Waals surface area contributed by atoms with Crippen LogP contribution in [0, 0.1) is 0 Å². The van der Waals surface area contributed by atoms with Crippen LogP contribution in [0.2, 0.25) is 0 Å². The molecule has 134 valence electrons. The van der Waals surface area contributed by atoms with Crippen molar-refractivity contribution in [2.24, 2.45) is 0 Å². The van der Waals surface area contributed by atoms with E-state index < -0.39 is 15.7 Å². The van der Waals surface area contributed by atoms with Crippen molar-refractivity contribution >= 4 is 15.7 Å². The molecule has 2 aromatic rings. The van der Waals surface area contributed by atoms with Crippen molar-refractivity contribution in [3.63, 3.8) is 0 Å². The minimum absolute atomic E-state index is 0.0486. The summed E-state index contributed by atoms with van der Waals surface area (Å²) in [6.07, 6.45) is 0.681. The van der Waals surface area contributed by atoms with E-state index in [1.165, 1.54) is 6.07 Å². The lowest BCUT2D eigenvalue weighted by Gasteiger charge is -2.19. The highest BCUT2D eigenvalue weighted by atomic mass is 32.2. The highest BCUT2D eigenvalue weighted by Crippen LogP contribution is 2.22. The molecule has 1 atom stereocenters. The Kier molecular flexibility index (Phi) is 6.20. The molecular formula is C19H23NO4S. The zero-order valence-electron chi connectivity index (χ0n) is 14.7. The number of rotatable bonds is 7. The predicted octanol–water partition coefficient (Wildman–Crippen LogP) is 3.37. The SMILES string of the molecule is CC[C@@H](NC(=O)c1ccccc1S(=O)(=O)CC)c1ccc(OC)cc1. The largest absolute Gasteiger partial charge is 0.497 e. The van der Waals surface area contributed by atoms with Gasteiger partial charge in [-0.15, -0.1) is 0 Å². The Morgan fingerprint density at radius 2 is 1.72 bits per heavy atom. The Morgan fingerprint density at radius 3 is 2.28 bits per heavy atom. The van der Waals surface area contributed by atoms with Gasteiger partial charge in [0, 0.05) is 0 Å². The van der Waals surface area contributed by atoms with Crippen LogP contribution in [0.25, 0.3) is 0 Å². The normalized spacial score (nSPS) is 12.4. The summed E-state index contributed by atoms with van der Waals surface area (Å²) in [5.41, 5.74) is 1.11. The van der Waals surface area contributed by atoms with Gasteiger partial charge in [0.05, 0.1) is 29.4 Å². The number of hydrogen-bond donors (Lipinski definition) is 1. The standard InChI is InChI=1S/C19H23NO4S/c1-4-17(14-10-12-15(24-3)13-11-14)20-19(21)16-8-6-7-9-18(16)25(22,23)5-2/h6-13,17H,4-5H2,1-3H3,(H,20,21)/t17-/m1/s1. The van der Waals surface area contributed by atoms with E-state index in [0.29, 0.717) is 6.42 Å². The number of methoxy groups -OCH3 is 1. The van der Waals surface area contributed by atoms with Crippen LogP contribution < -0.4 is 10.1 Å². The molecule has 0 aliphatic carbocycles. The lowest BCUT2D eigenvalue weighted by molar-refractivity contribution is 0.0932.